The van der Waals surface area contributed by atoms with Gasteiger partial charge in [0, 0.05) is 11.4 Å². The van der Waals surface area contributed by atoms with Gasteiger partial charge in [0.2, 0.25) is 5.90 Å². The quantitative estimate of drug-likeness (QED) is 0.634. The summed E-state index contributed by atoms with van der Waals surface area (Å²) >= 11 is 5.81. The number of benzene rings is 2. The lowest BCUT2D eigenvalue weighted by Gasteiger charge is -1.99. The van der Waals surface area contributed by atoms with Gasteiger partial charge in [0.05, 0.1) is 0 Å². The van der Waals surface area contributed by atoms with Crippen LogP contribution < -0.4 is 0 Å². The summed E-state index contributed by atoms with van der Waals surface area (Å²) in [7, 11) is 0. The number of halogens is 2. The van der Waals surface area contributed by atoms with E-state index in [-0.39, 0.29) is 11.5 Å². The highest BCUT2D eigenvalue weighted by molar-refractivity contribution is 6.30. The number of ether oxygens (including phenoxy) is 1. The minimum absolute atomic E-state index is 0.236. The van der Waals surface area contributed by atoms with Gasteiger partial charge in [-0.05, 0) is 41.5 Å². The third kappa shape index (κ3) is 3.40. The van der Waals surface area contributed by atoms with Crippen molar-refractivity contribution >= 4 is 29.5 Å². The summed E-state index contributed by atoms with van der Waals surface area (Å²) in [5.41, 5.74) is 1.86. The van der Waals surface area contributed by atoms with E-state index in [9.17, 15) is 9.18 Å². The molecular weight excluding hydrogens is 305 g/mol. The highest BCUT2D eigenvalue weighted by Crippen LogP contribution is 2.19. The third-order valence-corrected chi connectivity index (χ3v) is 3.36. The molecule has 0 atom stereocenters. The lowest BCUT2D eigenvalue weighted by molar-refractivity contribution is -0.130. The normalized spacial score (nSPS) is 15.8. The first-order valence-electron chi connectivity index (χ1n) is 6.61. The van der Waals surface area contributed by atoms with E-state index in [2.05, 4.69) is 4.99 Å². The molecule has 1 aliphatic heterocycles. The molecule has 2 aromatic carbocycles. The number of rotatable bonds is 3. The Hall–Kier alpha value is -2.46. The zero-order valence-corrected chi connectivity index (χ0v) is 12.2. The number of aliphatic imine (C=N–C) groups is 1. The first-order valence-corrected chi connectivity index (χ1v) is 6.99. The average molecular weight is 316 g/mol. The maximum absolute atomic E-state index is 12.9. The lowest BCUT2D eigenvalue weighted by atomic mass is 10.1. The molecule has 0 aromatic heterocycles. The number of carbonyl (C=O) groups excluding carboxylic acids is 1. The molecule has 0 saturated heterocycles. The second kappa shape index (κ2) is 6.12. The molecule has 0 fully saturated rings. The second-order valence-corrected chi connectivity index (χ2v) is 5.22. The molecule has 0 aliphatic carbocycles. The Morgan fingerprint density at radius 1 is 1.09 bits per heavy atom. The summed E-state index contributed by atoms with van der Waals surface area (Å²) in [6.45, 7) is 0. The van der Waals surface area contributed by atoms with Gasteiger partial charge in [-0.15, -0.1) is 0 Å². The molecule has 5 heteroatoms. The fourth-order valence-electron chi connectivity index (χ4n) is 2.02. The van der Waals surface area contributed by atoms with Gasteiger partial charge in [-0.25, -0.2) is 14.2 Å². The van der Waals surface area contributed by atoms with Crippen LogP contribution in [-0.2, 0) is 16.0 Å². The topological polar surface area (TPSA) is 38.7 Å². The zero-order valence-electron chi connectivity index (χ0n) is 11.4. The molecule has 0 saturated carbocycles. The fourth-order valence-corrected chi connectivity index (χ4v) is 2.15. The first-order chi connectivity index (χ1) is 10.6. The van der Waals surface area contributed by atoms with E-state index in [1.54, 1.807) is 42.5 Å². The van der Waals surface area contributed by atoms with Crippen LogP contribution in [-0.4, -0.2) is 11.9 Å². The van der Waals surface area contributed by atoms with E-state index in [0.29, 0.717) is 17.3 Å². The Labute approximate surface area is 131 Å². The Balaban J connectivity index is 1.79. The van der Waals surface area contributed by atoms with E-state index in [1.165, 1.54) is 12.1 Å². The molecule has 110 valence electrons. The van der Waals surface area contributed by atoms with Crippen molar-refractivity contribution in [3.05, 3.63) is 76.2 Å². The van der Waals surface area contributed by atoms with Crippen molar-refractivity contribution in [3.8, 4) is 0 Å². The predicted molar refractivity (Wildman–Crippen MR) is 83.1 cm³/mol. The first kappa shape index (κ1) is 14.5. The molecule has 0 bridgehead atoms. The summed E-state index contributed by atoms with van der Waals surface area (Å²) in [6, 6.07) is 13.0. The highest BCUT2D eigenvalue weighted by atomic mass is 35.5. The number of cyclic esters (lactones) is 1. The second-order valence-electron chi connectivity index (χ2n) is 4.78. The van der Waals surface area contributed by atoms with Crippen molar-refractivity contribution in [2.45, 2.75) is 6.42 Å². The molecule has 3 nitrogen and oxygen atoms in total. The van der Waals surface area contributed by atoms with E-state index < -0.39 is 5.97 Å². The number of carbonyl (C=O) groups is 1. The molecule has 0 N–H and O–H groups in total. The van der Waals surface area contributed by atoms with Crippen LogP contribution in [0.1, 0.15) is 11.1 Å². The van der Waals surface area contributed by atoms with Crippen LogP contribution in [0, 0.1) is 5.82 Å². The average Bonchev–Trinajstić information content (AvgIpc) is 2.84. The van der Waals surface area contributed by atoms with E-state index >= 15 is 0 Å². The zero-order chi connectivity index (χ0) is 15.5. The van der Waals surface area contributed by atoms with E-state index in [0.717, 1.165) is 11.1 Å². The minimum atomic E-state index is -0.493. The SMILES string of the molecule is O=C1OC(Cc2ccc(F)cc2)=N/C1=C/c1ccc(Cl)cc1. The smallest absolute Gasteiger partial charge is 0.363 e. The van der Waals surface area contributed by atoms with Crippen LogP contribution in [0.3, 0.4) is 0 Å². The maximum Gasteiger partial charge on any atom is 0.363 e. The van der Waals surface area contributed by atoms with Gasteiger partial charge < -0.3 is 4.74 Å². The Kier molecular flexibility index (Phi) is 4.02. The molecule has 1 heterocycles. The Bertz CT molecular complexity index is 764. The minimum Gasteiger partial charge on any atom is -0.406 e. The van der Waals surface area contributed by atoms with Crippen LogP contribution in [0.4, 0.5) is 4.39 Å². The van der Waals surface area contributed by atoms with Gasteiger partial charge in [-0.1, -0.05) is 35.9 Å². The van der Waals surface area contributed by atoms with Crippen molar-refractivity contribution in [2.24, 2.45) is 4.99 Å². The summed E-state index contributed by atoms with van der Waals surface area (Å²) in [5, 5.41) is 0.622. The van der Waals surface area contributed by atoms with Gasteiger partial charge in [0.15, 0.2) is 5.70 Å². The van der Waals surface area contributed by atoms with Crippen molar-refractivity contribution in [1.29, 1.82) is 0 Å². The van der Waals surface area contributed by atoms with Crippen molar-refractivity contribution in [1.82, 2.24) is 0 Å². The third-order valence-electron chi connectivity index (χ3n) is 3.11. The molecular formula is C17H11ClFNO2. The maximum atomic E-state index is 12.9. The molecule has 2 aromatic rings. The standard InChI is InChI=1S/C17H11ClFNO2/c18-13-5-1-11(2-6-13)9-15-17(21)22-16(20-15)10-12-3-7-14(19)8-4-12/h1-9H,10H2/b15-9+. The number of esters is 1. The van der Waals surface area contributed by atoms with Crippen molar-refractivity contribution < 1.29 is 13.9 Å². The van der Waals surface area contributed by atoms with Gasteiger partial charge >= 0.3 is 5.97 Å². The van der Waals surface area contributed by atoms with Gasteiger partial charge in [0.1, 0.15) is 5.82 Å². The Morgan fingerprint density at radius 2 is 1.77 bits per heavy atom. The van der Waals surface area contributed by atoms with Gasteiger partial charge in [-0.2, -0.15) is 0 Å². The number of hydrogen-bond acceptors (Lipinski definition) is 3. The molecule has 0 radical (unpaired) electrons. The molecule has 22 heavy (non-hydrogen) atoms. The predicted octanol–water partition coefficient (Wildman–Crippen LogP) is 4.02. The summed E-state index contributed by atoms with van der Waals surface area (Å²) in [5.74, 6) is -0.499. The van der Waals surface area contributed by atoms with Gasteiger partial charge in [0.25, 0.3) is 0 Å². The molecule has 1 aliphatic rings. The van der Waals surface area contributed by atoms with E-state index in [4.69, 9.17) is 16.3 Å². The fraction of sp³-hybridized carbons (Fsp3) is 0.0588. The summed E-state index contributed by atoms with van der Waals surface area (Å²) in [6.07, 6.45) is 1.97. The largest absolute Gasteiger partial charge is 0.406 e. The van der Waals surface area contributed by atoms with Crippen molar-refractivity contribution in [2.75, 3.05) is 0 Å². The van der Waals surface area contributed by atoms with Crippen LogP contribution in [0.5, 0.6) is 0 Å². The van der Waals surface area contributed by atoms with Crippen LogP contribution in [0.25, 0.3) is 6.08 Å². The van der Waals surface area contributed by atoms with Gasteiger partial charge in [-0.3, -0.25) is 0 Å². The summed E-state index contributed by atoms with van der Waals surface area (Å²) in [4.78, 5) is 16.0. The van der Waals surface area contributed by atoms with Crippen LogP contribution in [0.15, 0.2) is 59.2 Å². The van der Waals surface area contributed by atoms with Crippen molar-refractivity contribution in [3.63, 3.8) is 0 Å². The highest BCUT2D eigenvalue weighted by Gasteiger charge is 2.22. The van der Waals surface area contributed by atoms with Crippen LogP contribution >= 0.6 is 11.6 Å². The monoisotopic (exact) mass is 315 g/mol. The lowest BCUT2D eigenvalue weighted by Crippen LogP contribution is -2.06. The number of nitrogens with zero attached hydrogens (tertiary/aromatic N) is 1. The summed E-state index contributed by atoms with van der Waals surface area (Å²) < 4.78 is 18.0. The molecule has 0 spiro atoms. The Morgan fingerprint density at radius 3 is 2.45 bits per heavy atom. The molecule has 0 amide bonds. The molecule has 3 rings (SSSR count). The number of hydrogen-bond donors (Lipinski definition) is 0. The van der Waals surface area contributed by atoms with E-state index in [1.807, 2.05) is 0 Å². The molecule has 0 unspecified atom stereocenters. The van der Waals surface area contributed by atoms with Crippen LogP contribution in [0.2, 0.25) is 5.02 Å².